The number of rotatable bonds is 8. The summed E-state index contributed by atoms with van der Waals surface area (Å²) >= 11 is 0. The Morgan fingerprint density at radius 1 is 1.21 bits per heavy atom. The van der Waals surface area contributed by atoms with Gasteiger partial charge in [-0.15, -0.1) is 0 Å². The number of furan rings is 1. The molecule has 1 aromatic carbocycles. The Balaban J connectivity index is 1.94. The van der Waals surface area contributed by atoms with Gasteiger partial charge in [0.15, 0.2) is 0 Å². The fraction of sp³-hybridized carbons (Fsp3) is 0.294. The van der Waals surface area contributed by atoms with E-state index >= 15 is 0 Å². The lowest BCUT2D eigenvalue weighted by molar-refractivity contribution is -0.144. The lowest BCUT2D eigenvalue weighted by Crippen LogP contribution is -2.28. The Morgan fingerprint density at radius 2 is 1.92 bits per heavy atom. The maximum Gasteiger partial charge on any atom is 0.371 e. The molecule has 0 aliphatic heterocycles. The van der Waals surface area contributed by atoms with E-state index in [0.717, 1.165) is 5.56 Å². The molecule has 2 unspecified atom stereocenters. The first kappa shape index (κ1) is 17.9. The molecule has 0 spiro atoms. The monoisotopic (exact) mass is 350 g/mol. The van der Waals surface area contributed by atoms with E-state index < -0.39 is 28.0 Å². The van der Waals surface area contributed by atoms with Gasteiger partial charge in [0.1, 0.15) is 17.6 Å². The first-order chi connectivity index (χ1) is 11.5. The Hall–Kier alpha value is -2.41. The van der Waals surface area contributed by atoms with E-state index in [1.807, 2.05) is 30.3 Å². The molecule has 2 aromatic rings. The number of ether oxygens (including phenoxy) is 1. The SMILES string of the molecule is CCC(C(=O)OCc1ccccc1)S(=O)Cc1ccc(C(=O)O)o1. The van der Waals surface area contributed by atoms with Crippen molar-refractivity contribution >= 4 is 22.7 Å². The van der Waals surface area contributed by atoms with Crippen LogP contribution in [0.25, 0.3) is 0 Å². The van der Waals surface area contributed by atoms with Crippen LogP contribution in [0, 0.1) is 0 Å². The number of carbonyl (C=O) groups excluding carboxylic acids is 1. The second kappa shape index (κ2) is 8.44. The Bertz CT molecular complexity index is 722. The van der Waals surface area contributed by atoms with Gasteiger partial charge in [0.25, 0.3) is 0 Å². The summed E-state index contributed by atoms with van der Waals surface area (Å²) in [5, 5.41) is 8.03. The minimum atomic E-state index is -1.56. The third-order valence-corrected chi connectivity index (χ3v) is 5.06. The van der Waals surface area contributed by atoms with Gasteiger partial charge in [-0.3, -0.25) is 9.00 Å². The molecule has 1 aromatic heterocycles. The normalized spacial score (nSPS) is 13.2. The highest BCUT2D eigenvalue weighted by atomic mass is 32.2. The smallest absolute Gasteiger partial charge is 0.371 e. The summed E-state index contributed by atoms with van der Waals surface area (Å²) in [5.41, 5.74) is 0.851. The van der Waals surface area contributed by atoms with Crippen molar-refractivity contribution in [1.29, 1.82) is 0 Å². The van der Waals surface area contributed by atoms with Crippen molar-refractivity contribution in [2.75, 3.05) is 0 Å². The van der Waals surface area contributed by atoms with E-state index in [1.165, 1.54) is 12.1 Å². The van der Waals surface area contributed by atoms with Crippen LogP contribution in [0.1, 0.15) is 35.2 Å². The van der Waals surface area contributed by atoms with Gasteiger partial charge in [0.2, 0.25) is 5.76 Å². The minimum absolute atomic E-state index is 0.0355. The van der Waals surface area contributed by atoms with Crippen LogP contribution in [0.4, 0.5) is 0 Å². The maximum absolute atomic E-state index is 12.4. The predicted molar refractivity (Wildman–Crippen MR) is 87.8 cm³/mol. The van der Waals surface area contributed by atoms with Crippen LogP contribution < -0.4 is 0 Å². The average Bonchev–Trinajstić information content (AvgIpc) is 3.03. The lowest BCUT2D eigenvalue weighted by Gasteiger charge is -2.13. The van der Waals surface area contributed by atoms with E-state index in [9.17, 15) is 13.8 Å². The molecule has 24 heavy (non-hydrogen) atoms. The molecule has 0 saturated heterocycles. The van der Waals surface area contributed by atoms with E-state index in [0.29, 0.717) is 6.42 Å². The van der Waals surface area contributed by atoms with Crippen LogP contribution >= 0.6 is 0 Å². The molecule has 0 bridgehead atoms. The molecule has 2 atom stereocenters. The van der Waals surface area contributed by atoms with Gasteiger partial charge in [0.05, 0.1) is 5.75 Å². The van der Waals surface area contributed by atoms with Crippen molar-refractivity contribution in [1.82, 2.24) is 0 Å². The predicted octanol–water partition coefficient (Wildman–Crippen LogP) is 2.75. The van der Waals surface area contributed by atoms with E-state index in [2.05, 4.69) is 0 Å². The summed E-state index contributed by atoms with van der Waals surface area (Å²) in [6, 6.07) is 12.0. The van der Waals surface area contributed by atoms with Gasteiger partial charge in [-0.25, -0.2) is 4.79 Å². The van der Waals surface area contributed by atoms with Crippen molar-refractivity contribution in [3.63, 3.8) is 0 Å². The summed E-state index contributed by atoms with van der Waals surface area (Å²) < 4.78 is 22.7. The molecule has 7 heteroatoms. The molecule has 1 heterocycles. The minimum Gasteiger partial charge on any atom is -0.475 e. The summed E-state index contributed by atoms with van der Waals surface area (Å²) in [5.74, 6) is -1.72. The molecule has 128 valence electrons. The number of carboxylic acid groups (broad SMARTS) is 1. The standard InChI is InChI=1S/C17H18O6S/c1-2-15(17(20)22-10-12-6-4-3-5-7-12)24(21)11-13-8-9-14(23-13)16(18)19/h3-9,15H,2,10-11H2,1H3,(H,18,19). The number of carbonyl (C=O) groups is 2. The highest BCUT2D eigenvalue weighted by molar-refractivity contribution is 7.85. The number of aromatic carboxylic acids is 1. The van der Waals surface area contributed by atoms with Crippen LogP contribution in [0.15, 0.2) is 46.9 Å². The molecular formula is C17H18O6S. The van der Waals surface area contributed by atoms with Crippen LogP contribution in [0.3, 0.4) is 0 Å². The fourth-order valence-electron chi connectivity index (χ4n) is 2.09. The van der Waals surface area contributed by atoms with Gasteiger partial charge in [-0.05, 0) is 24.1 Å². The van der Waals surface area contributed by atoms with Gasteiger partial charge >= 0.3 is 11.9 Å². The first-order valence-electron chi connectivity index (χ1n) is 7.41. The number of carboxylic acids is 1. The Morgan fingerprint density at radius 3 is 2.50 bits per heavy atom. The third kappa shape index (κ3) is 4.79. The molecule has 6 nitrogen and oxygen atoms in total. The first-order valence-corrected chi connectivity index (χ1v) is 8.79. The average molecular weight is 350 g/mol. The van der Waals surface area contributed by atoms with Gasteiger partial charge in [-0.1, -0.05) is 37.3 Å². The molecule has 0 fully saturated rings. The lowest BCUT2D eigenvalue weighted by atomic mass is 10.2. The molecular weight excluding hydrogens is 332 g/mol. The molecule has 1 N–H and O–H groups in total. The molecule has 2 rings (SSSR count). The quantitative estimate of drug-likeness (QED) is 0.736. The van der Waals surface area contributed by atoms with Crippen molar-refractivity contribution in [3.8, 4) is 0 Å². The fourth-order valence-corrected chi connectivity index (χ4v) is 3.38. The number of benzene rings is 1. The third-order valence-electron chi connectivity index (χ3n) is 3.33. The zero-order valence-corrected chi connectivity index (χ0v) is 14.0. The van der Waals surface area contributed by atoms with Gasteiger partial charge in [-0.2, -0.15) is 0 Å². The topological polar surface area (TPSA) is 93.8 Å². The zero-order valence-electron chi connectivity index (χ0n) is 13.1. The van der Waals surface area contributed by atoms with E-state index in [4.69, 9.17) is 14.3 Å². The highest BCUT2D eigenvalue weighted by Crippen LogP contribution is 2.15. The van der Waals surface area contributed by atoms with Crippen molar-refractivity contribution in [3.05, 3.63) is 59.5 Å². The largest absolute Gasteiger partial charge is 0.475 e. The van der Waals surface area contributed by atoms with E-state index in [1.54, 1.807) is 6.92 Å². The van der Waals surface area contributed by atoms with Crippen molar-refractivity contribution in [2.24, 2.45) is 0 Å². The number of hydrogen-bond donors (Lipinski definition) is 1. The maximum atomic E-state index is 12.4. The molecule has 0 aliphatic rings. The Labute approximate surface area is 141 Å². The summed E-state index contributed by atoms with van der Waals surface area (Å²) in [7, 11) is -1.56. The molecule has 0 radical (unpaired) electrons. The molecule has 0 aliphatic carbocycles. The van der Waals surface area contributed by atoms with Crippen LogP contribution in [0.2, 0.25) is 0 Å². The number of esters is 1. The summed E-state index contributed by atoms with van der Waals surface area (Å²) in [6.07, 6.45) is 0.354. The molecule has 0 saturated carbocycles. The number of hydrogen-bond acceptors (Lipinski definition) is 5. The van der Waals surface area contributed by atoms with Crippen LogP contribution in [-0.2, 0) is 32.7 Å². The van der Waals surface area contributed by atoms with E-state index in [-0.39, 0.29) is 23.9 Å². The van der Waals surface area contributed by atoms with Gasteiger partial charge in [0, 0.05) is 10.8 Å². The van der Waals surface area contributed by atoms with Crippen molar-refractivity contribution < 1.29 is 28.1 Å². The van der Waals surface area contributed by atoms with Crippen LogP contribution in [-0.4, -0.2) is 26.5 Å². The van der Waals surface area contributed by atoms with Gasteiger partial charge < -0.3 is 14.3 Å². The van der Waals surface area contributed by atoms with Crippen LogP contribution in [0.5, 0.6) is 0 Å². The second-order valence-corrected chi connectivity index (χ2v) is 6.71. The second-order valence-electron chi connectivity index (χ2n) is 5.09. The summed E-state index contributed by atoms with van der Waals surface area (Å²) in [6.45, 7) is 1.87. The summed E-state index contributed by atoms with van der Waals surface area (Å²) in [4.78, 5) is 22.9. The highest BCUT2D eigenvalue weighted by Gasteiger charge is 2.26. The Kier molecular flexibility index (Phi) is 6.31. The van der Waals surface area contributed by atoms with Crippen molar-refractivity contribution in [2.45, 2.75) is 31.0 Å². The molecule has 0 amide bonds. The zero-order chi connectivity index (χ0) is 17.5.